The van der Waals surface area contributed by atoms with Crippen molar-refractivity contribution in [3.05, 3.63) is 35.4 Å². The molecule has 76 valence electrons. The largest absolute Gasteiger partial charge is 0.504 e. The Balaban J connectivity index is 3.35. The first-order valence-corrected chi connectivity index (χ1v) is 4.58. The number of phenolic OH excluding ortho intramolecular Hbond substituents is 1. The predicted octanol–water partition coefficient (Wildman–Crippen LogP) is 2.75. The Labute approximate surface area is 84.8 Å². The van der Waals surface area contributed by atoms with Crippen LogP contribution < -0.4 is 4.74 Å². The molecular formula is C12H16O2. The second-order valence-corrected chi connectivity index (χ2v) is 3.34. The van der Waals surface area contributed by atoms with E-state index < -0.39 is 0 Å². The summed E-state index contributed by atoms with van der Waals surface area (Å²) in [5, 5.41) is 9.61. The fraction of sp³-hybridized carbons (Fsp3) is 0.333. The van der Waals surface area contributed by atoms with Crippen LogP contribution in [0.15, 0.2) is 18.7 Å². The number of hydrogen-bond acceptors (Lipinski definition) is 2. The summed E-state index contributed by atoms with van der Waals surface area (Å²) in [6.07, 6.45) is 2.65. The Morgan fingerprint density at radius 2 is 2.14 bits per heavy atom. The molecule has 1 aromatic rings. The van der Waals surface area contributed by atoms with Crippen LogP contribution in [0.1, 0.15) is 16.7 Å². The maximum absolute atomic E-state index is 9.61. The maximum Gasteiger partial charge on any atom is 0.163 e. The van der Waals surface area contributed by atoms with E-state index >= 15 is 0 Å². The maximum atomic E-state index is 9.61. The van der Waals surface area contributed by atoms with E-state index in [-0.39, 0.29) is 5.75 Å². The van der Waals surface area contributed by atoms with Crippen molar-refractivity contribution < 1.29 is 9.84 Å². The predicted molar refractivity (Wildman–Crippen MR) is 58.0 cm³/mol. The molecular weight excluding hydrogens is 176 g/mol. The van der Waals surface area contributed by atoms with Crippen LogP contribution >= 0.6 is 0 Å². The normalized spacial score (nSPS) is 9.93. The summed E-state index contributed by atoms with van der Waals surface area (Å²) in [6, 6.07) is 1.73. The second kappa shape index (κ2) is 4.18. The zero-order valence-corrected chi connectivity index (χ0v) is 8.92. The topological polar surface area (TPSA) is 29.5 Å². The molecule has 2 nitrogen and oxygen atoms in total. The number of aromatic hydroxyl groups is 1. The van der Waals surface area contributed by atoms with Crippen LogP contribution in [0.4, 0.5) is 0 Å². The number of allylic oxidation sites excluding steroid dienone is 1. The molecule has 0 atom stereocenters. The van der Waals surface area contributed by atoms with Gasteiger partial charge in [0.25, 0.3) is 0 Å². The minimum absolute atomic E-state index is 0.204. The smallest absolute Gasteiger partial charge is 0.163 e. The van der Waals surface area contributed by atoms with Gasteiger partial charge in [-0.1, -0.05) is 6.08 Å². The van der Waals surface area contributed by atoms with E-state index in [0.29, 0.717) is 5.75 Å². The van der Waals surface area contributed by atoms with E-state index in [9.17, 15) is 5.11 Å². The molecule has 0 saturated carbocycles. The molecule has 0 heterocycles. The minimum atomic E-state index is 0.204. The molecule has 0 radical (unpaired) electrons. The van der Waals surface area contributed by atoms with Crippen LogP contribution in [0.2, 0.25) is 0 Å². The van der Waals surface area contributed by atoms with Gasteiger partial charge in [-0.25, -0.2) is 0 Å². The lowest BCUT2D eigenvalue weighted by Crippen LogP contribution is -1.96. The number of ether oxygens (including phenoxy) is 1. The van der Waals surface area contributed by atoms with Gasteiger partial charge in [-0.2, -0.15) is 0 Å². The molecule has 2 heteroatoms. The minimum Gasteiger partial charge on any atom is -0.504 e. The molecule has 0 aromatic heterocycles. The third kappa shape index (κ3) is 1.74. The molecule has 0 bridgehead atoms. The first kappa shape index (κ1) is 10.6. The zero-order valence-electron chi connectivity index (χ0n) is 8.92. The molecule has 0 saturated heterocycles. The van der Waals surface area contributed by atoms with Crippen LogP contribution in [0.3, 0.4) is 0 Å². The van der Waals surface area contributed by atoms with Crippen LogP contribution in [-0.4, -0.2) is 12.2 Å². The SMILES string of the molecule is C=CCc1c(C)cc(O)c(OC)c1C. The molecule has 0 fully saturated rings. The van der Waals surface area contributed by atoms with Gasteiger partial charge in [0, 0.05) is 0 Å². The summed E-state index contributed by atoms with van der Waals surface area (Å²) >= 11 is 0. The van der Waals surface area contributed by atoms with Gasteiger partial charge in [-0.15, -0.1) is 6.58 Å². The van der Waals surface area contributed by atoms with Crippen molar-refractivity contribution >= 4 is 0 Å². The van der Waals surface area contributed by atoms with Crippen molar-refractivity contribution in [3.8, 4) is 11.5 Å². The van der Waals surface area contributed by atoms with Gasteiger partial charge in [-0.05, 0) is 43.0 Å². The zero-order chi connectivity index (χ0) is 10.7. The number of hydrogen-bond donors (Lipinski definition) is 1. The Bertz CT molecular complexity index is 354. The van der Waals surface area contributed by atoms with E-state index in [2.05, 4.69) is 6.58 Å². The number of phenols is 1. The molecule has 1 N–H and O–H groups in total. The van der Waals surface area contributed by atoms with Gasteiger partial charge >= 0.3 is 0 Å². The first-order chi connectivity index (χ1) is 6.61. The van der Waals surface area contributed by atoms with E-state index in [1.54, 1.807) is 13.2 Å². The molecule has 0 spiro atoms. The highest BCUT2D eigenvalue weighted by Crippen LogP contribution is 2.34. The van der Waals surface area contributed by atoms with E-state index in [1.807, 2.05) is 19.9 Å². The summed E-state index contributed by atoms with van der Waals surface area (Å²) in [4.78, 5) is 0. The highest BCUT2D eigenvalue weighted by atomic mass is 16.5. The molecule has 0 unspecified atom stereocenters. The Hall–Kier alpha value is -1.44. The second-order valence-electron chi connectivity index (χ2n) is 3.34. The Kier molecular flexibility index (Phi) is 3.18. The summed E-state index contributed by atoms with van der Waals surface area (Å²) in [6.45, 7) is 7.64. The molecule has 14 heavy (non-hydrogen) atoms. The number of aryl methyl sites for hydroxylation is 1. The lowest BCUT2D eigenvalue weighted by atomic mass is 9.98. The highest BCUT2D eigenvalue weighted by Gasteiger charge is 2.11. The van der Waals surface area contributed by atoms with Crippen molar-refractivity contribution in [3.63, 3.8) is 0 Å². The van der Waals surface area contributed by atoms with Crippen LogP contribution in [0, 0.1) is 13.8 Å². The average Bonchev–Trinajstić information content (AvgIpc) is 2.12. The standard InChI is InChI=1S/C12H16O2/c1-5-6-10-8(2)7-11(13)12(14-4)9(10)3/h5,7,13H,1,6H2,2-4H3. The summed E-state index contributed by atoms with van der Waals surface area (Å²) in [5.41, 5.74) is 3.24. The average molecular weight is 192 g/mol. The number of rotatable bonds is 3. The molecule has 0 aliphatic heterocycles. The molecule has 1 rings (SSSR count). The third-order valence-corrected chi connectivity index (χ3v) is 2.41. The van der Waals surface area contributed by atoms with E-state index in [1.165, 1.54) is 5.56 Å². The molecule has 0 aliphatic rings. The highest BCUT2D eigenvalue weighted by molar-refractivity contribution is 5.53. The summed E-state index contributed by atoms with van der Waals surface area (Å²) in [5.74, 6) is 0.766. The van der Waals surface area contributed by atoms with Gasteiger partial charge in [-0.3, -0.25) is 0 Å². The quantitative estimate of drug-likeness (QED) is 0.746. The number of benzene rings is 1. The van der Waals surface area contributed by atoms with E-state index in [4.69, 9.17) is 4.74 Å². The van der Waals surface area contributed by atoms with Gasteiger partial charge in [0.2, 0.25) is 0 Å². The van der Waals surface area contributed by atoms with Gasteiger partial charge in [0.05, 0.1) is 7.11 Å². The van der Waals surface area contributed by atoms with Crippen LogP contribution in [0.5, 0.6) is 11.5 Å². The van der Waals surface area contributed by atoms with Crippen LogP contribution in [0.25, 0.3) is 0 Å². The fourth-order valence-corrected chi connectivity index (χ4v) is 1.70. The molecule has 0 aliphatic carbocycles. The van der Waals surface area contributed by atoms with Crippen molar-refractivity contribution in [1.82, 2.24) is 0 Å². The molecule has 1 aromatic carbocycles. The van der Waals surface area contributed by atoms with Crippen LogP contribution in [-0.2, 0) is 6.42 Å². The van der Waals surface area contributed by atoms with Crippen molar-refractivity contribution in [2.75, 3.05) is 7.11 Å². The summed E-state index contributed by atoms with van der Waals surface area (Å²) in [7, 11) is 1.56. The van der Waals surface area contributed by atoms with E-state index in [0.717, 1.165) is 17.5 Å². The van der Waals surface area contributed by atoms with Gasteiger partial charge in [0.1, 0.15) is 0 Å². The van der Waals surface area contributed by atoms with Crippen molar-refractivity contribution in [1.29, 1.82) is 0 Å². The number of methoxy groups -OCH3 is 1. The Morgan fingerprint density at radius 3 is 2.64 bits per heavy atom. The summed E-state index contributed by atoms with van der Waals surface area (Å²) < 4.78 is 5.13. The lowest BCUT2D eigenvalue weighted by Gasteiger charge is -2.13. The Morgan fingerprint density at radius 1 is 1.50 bits per heavy atom. The fourth-order valence-electron chi connectivity index (χ4n) is 1.70. The van der Waals surface area contributed by atoms with Crippen molar-refractivity contribution in [2.45, 2.75) is 20.3 Å². The van der Waals surface area contributed by atoms with Gasteiger partial charge in [0.15, 0.2) is 11.5 Å². The lowest BCUT2D eigenvalue weighted by molar-refractivity contribution is 0.370. The van der Waals surface area contributed by atoms with Gasteiger partial charge < -0.3 is 9.84 Å². The third-order valence-electron chi connectivity index (χ3n) is 2.41. The first-order valence-electron chi connectivity index (χ1n) is 4.58. The monoisotopic (exact) mass is 192 g/mol. The van der Waals surface area contributed by atoms with Crippen molar-refractivity contribution in [2.24, 2.45) is 0 Å². The molecule has 0 amide bonds.